The van der Waals surface area contributed by atoms with Gasteiger partial charge < -0.3 is 14.4 Å². The Kier molecular flexibility index (Phi) is 4.54. The number of aliphatic hydroxyl groups is 1. The predicted molar refractivity (Wildman–Crippen MR) is 100.0 cm³/mol. The highest BCUT2D eigenvalue weighted by molar-refractivity contribution is 5.71. The summed E-state index contributed by atoms with van der Waals surface area (Å²) in [6.45, 7) is 2.00. The van der Waals surface area contributed by atoms with Gasteiger partial charge in [0.05, 0.1) is 18.2 Å². The zero-order chi connectivity index (χ0) is 19.0. The summed E-state index contributed by atoms with van der Waals surface area (Å²) in [6.07, 6.45) is -0.693. The van der Waals surface area contributed by atoms with E-state index >= 15 is 0 Å². The Bertz CT molecular complexity index is 977. The summed E-state index contributed by atoms with van der Waals surface area (Å²) < 4.78 is 20.8. The Morgan fingerprint density at radius 2 is 1.89 bits per heavy atom. The fraction of sp³-hybridized carbons (Fsp3) is 0.227. The topological polar surface area (TPSA) is 51.5 Å². The molecular weight excluding hydrogens is 345 g/mol. The number of benzene rings is 2. The van der Waals surface area contributed by atoms with Crippen LogP contribution in [0.4, 0.5) is 4.39 Å². The lowest BCUT2D eigenvalue weighted by Crippen LogP contribution is -2.27. The Morgan fingerprint density at radius 3 is 2.63 bits per heavy atom. The van der Waals surface area contributed by atoms with Crippen LogP contribution in [-0.2, 0) is 9.53 Å². The van der Waals surface area contributed by atoms with Crippen molar-refractivity contribution in [3.05, 3.63) is 77.7 Å². The average Bonchev–Trinajstić information content (AvgIpc) is 3.03. The molecule has 0 aliphatic carbocycles. The molecule has 1 aromatic heterocycles. The molecule has 2 atom stereocenters. The number of aliphatic hydroxyl groups excluding tert-OH is 1. The van der Waals surface area contributed by atoms with Crippen molar-refractivity contribution < 1.29 is 19.0 Å². The molecule has 5 heteroatoms. The average molecular weight is 365 g/mol. The fourth-order valence-corrected chi connectivity index (χ4v) is 3.57. The molecule has 4 rings (SSSR count). The van der Waals surface area contributed by atoms with E-state index in [0.717, 1.165) is 28.2 Å². The Morgan fingerprint density at radius 1 is 1.11 bits per heavy atom. The van der Waals surface area contributed by atoms with E-state index in [0.29, 0.717) is 6.42 Å². The van der Waals surface area contributed by atoms with E-state index in [1.165, 1.54) is 12.1 Å². The second-order valence-corrected chi connectivity index (χ2v) is 6.87. The first-order valence-corrected chi connectivity index (χ1v) is 8.93. The van der Waals surface area contributed by atoms with Crippen LogP contribution >= 0.6 is 0 Å². The van der Waals surface area contributed by atoms with Gasteiger partial charge in [-0.1, -0.05) is 12.1 Å². The maximum absolute atomic E-state index is 13.3. The molecule has 0 unspecified atom stereocenters. The Labute approximate surface area is 156 Å². The normalized spacial score (nSPS) is 19.7. The van der Waals surface area contributed by atoms with Crippen LogP contribution < -0.4 is 0 Å². The number of ether oxygens (including phenoxy) is 1. The standard InChI is InChI=1S/C22H20FNO3/c1-14-5-10-20(15-6-8-17(23)9-7-15)24(14)18-4-2-3-16(11-18)21-12-19(25)13-22(26)27-21/h2-11,19,21,25H,12-13H2,1H3/t19-,21+/m1/s1. The van der Waals surface area contributed by atoms with Crippen LogP contribution in [0.2, 0.25) is 0 Å². The van der Waals surface area contributed by atoms with Gasteiger partial charge in [0.1, 0.15) is 11.9 Å². The summed E-state index contributed by atoms with van der Waals surface area (Å²) >= 11 is 0. The van der Waals surface area contributed by atoms with Crippen molar-refractivity contribution in [1.82, 2.24) is 4.57 Å². The number of hydrogen-bond donors (Lipinski definition) is 1. The minimum atomic E-state index is -0.678. The van der Waals surface area contributed by atoms with Gasteiger partial charge in [-0.3, -0.25) is 4.79 Å². The first kappa shape index (κ1) is 17.5. The number of aromatic nitrogens is 1. The maximum atomic E-state index is 13.3. The molecule has 3 aromatic rings. The van der Waals surface area contributed by atoms with E-state index in [1.807, 2.05) is 43.3 Å². The van der Waals surface area contributed by atoms with E-state index in [4.69, 9.17) is 4.74 Å². The minimum Gasteiger partial charge on any atom is -0.457 e. The molecule has 1 aliphatic heterocycles. The highest BCUT2D eigenvalue weighted by Gasteiger charge is 2.28. The molecule has 1 fully saturated rings. The third kappa shape index (κ3) is 3.51. The van der Waals surface area contributed by atoms with Gasteiger partial charge in [-0.25, -0.2) is 4.39 Å². The molecule has 0 bridgehead atoms. The first-order valence-electron chi connectivity index (χ1n) is 8.93. The monoisotopic (exact) mass is 365 g/mol. The summed E-state index contributed by atoms with van der Waals surface area (Å²) in [5.41, 5.74) is 4.66. The van der Waals surface area contributed by atoms with E-state index in [2.05, 4.69) is 4.57 Å². The number of aryl methyl sites for hydroxylation is 1. The fourth-order valence-electron chi connectivity index (χ4n) is 3.57. The third-order valence-corrected chi connectivity index (χ3v) is 4.88. The van der Waals surface area contributed by atoms with Gasteiger partial charge in [-0.2, -0.15) is 0 Å². The zero-order valence-electron chi connectivity index (χ0n) is 14.9. The molecule has 0 amide bonds. The van der Waals surface area contributed by atoms with Crippen LogP contribution in [0.1, 0.15) is 30.2 Å². The summed E-state index contributed by atoms with van der Waals surface area (Å²) in [4.78, 5) is 11.7. The lowest BCUT2D eigenvalue weighted by atomic mass is 9.98. The van der Waals surface area contributed by atoms with E-state index in [-0.39, 0.29) is 18.2 Å². The number of rotatable bonds is 3. The van der Waals surface area contributed by atoms with E-state index in [1.54, 1.807) is 12.1 Å². The highest BCUT2D eigenvalue weighted by Crippen LogP contribution is 2.32. The quantitative estimate of drug-likeness (QED) is 0.703. The number of hydrogen-bond acceptors (Lipinski definition) is 3. The van der Waals surface area contributed by atoms with Crippen LogP contribution in [0.3, 0.4) is 0 Å². The molecule has 0 spiro atoms. The molecule has 138 valence electrons. The number of carbonyl (C=O) groups excluding carboxylic acids is 1. The number of halogens is 1. The molecule has 1 aliphatic rings. The molecule has 0 saturated carbocycles. The van der Waals surface area contributed by atoms with Gasteiger partial charge in [0.2, 0.25) is 0 Å². The molecule has 1 N–H and O–H groups in total. The van der Waals surface area contributed by atoms with Gasteiger partial charge in [0.25, 0.3) is 0 Å². The van der Waals surface area contributed by atoms with Crippen LogP contribution in [0.5, 0.6) is 0 Å². The molecule has 2 heterocycles. The predicted octanol–water partition coefficient (Wildman–Crippen LogP) is 4.33. The van der Waals surface area contributed by atoms with Crippen molar-refractivity contribution in [3.63, 3.8) is 0 Å². The van der Waals surface area contributed by atoms with Gasteiger partial charge >= 0.3 is 5.97 Å². The first-order chi connectivity index (χ1) is 13.0. The molecule has 27 heavy (non-hydrogen) atoms. The molecule has 2 aromatic carbocycles. The Balaban J connectivity index is 1.74. The molecule has 1 saturated heterocycles. The minimum absolute atomic E-state index is 0.0433. The van der Waals surface area contributed by atoms with Crippen LogP contribution in [0, 0.1) is 12.7 Å². The number of cyclic esters (lactones) is 1. The van der Waals surface area contributed by atoms with E-state index in [9.17, 15) is 14.3 Å². The Hall–Kier alpha value is -2.92. The van der Waals surface area contributed by atoms with Gasteiger partial charge in [-0.15, -0.1) is 0 Å². The van der Waals surface area contributed by atoms with Crippen LogP contribution in [0.15, 0.2) is 60.7 Å². The summed E-state index contributed by atoms with van der Waals surface area (Å²) in [6, 6.07) is 18.2. The highest BCUT2D eigenvalue weighted by atomic mass is 19.1. The van der Waals surface area contributed by atoms with Crippen molar-refractivity contribution >= 4 is 5.97 Å². The van der Waals surface area contributed by atoms with Gasteiger partial charge in [0, 0.05) is 17.8 Å². The molecule has 4 nitrogen and oxygen atoms in total. The second-order valence-electron chi connectivity index (χ2n) is 6.87. The van der Waals surface area contributed by atoms with Crippen LogP contribution in [0.25, 0.3) is 16.9 Å². The van der Waals surface area contributed by atoms with Crippen molar-refractivity contribution in [2.45, 2.75) is 32.0 Å². The third-order valence-electron chi connectivity index (χ3n) is 4.88. The summed E-state index contributed by atoms with van der Waals surface area (Å²) in [5, 5.41) is 9.89. The molecular formula is C22H20FNO3. The number of esters is 1. The lowest BCUT2D eigenvalue weighted by molar-refractivity contribution is -0.160. The largest absolute Gasteiger partial charge is 0.457 e. The maximum Gasteiger partial charge on any atom is 0.309 e. The SMILES string of the molecule is Cc1ccc(-c2ccc(F)cc2)n1-c1cccc([C@@H]2C[C@@H](O)CC(=O)O2)c1. The smallest absolute Gasteiger partial charge is 0.309 e. The number of nitrogens with zero attached hydrogens (tertiary/aromatic N) is 1. The number of carbonyl (C=O) groups is 1. The van der Waals surface area contributed by atoms with Crippen molar-refractivity contribution in [2.24, 2.45) is 0 Å². The van der Waals surface area contributed by atoms with Crippen molar-refractivity contribution in [2.75, 3.05) is 0 Å². The second kappa shape index (κ2) is 7.00. The lowest BCUT2D eigenvalue weighted by Gasteiger charge is -2.26. The molecule has 0 radical (unpaired) electrons. The van der Waals surface area contributed by atoms with Gasteiger partial charge in [0.15, 0.2) is 0 Å². The van der Waals surface area contributed by atoms with Gasteiger partial charge in [-0.05, 0) is 66.6 Å². The summed E-state index contributed by atoms with van der Waals surface area (Å²) in [7, 11) is 0. The van der Waals surface area contributed by atoms with Crippen LogP contribution in [-0.4, -0.2) is 21.7 Å². The van der Waals surface area contributed by atoms with E-state index < -0.39 is 12.2 Å². The summed E-state index contributed by atoms with van der Waals surface area (Å²) in [5.74, 6) is -0.651. The zero-order valence-corrected chi connectivity index (χ0v) is 14.9. The van der Waals surface area contributed by atoms with Crippen molar-refractivity contribution in [3.8, 4) is 16.9 Å². The van der Waals surface area contributed by atoms with Crippen molar-refractivity contribution in [1.29, 1.82) is 0 Å².